The van der Waals surface area contributed by atoms with E-state index in [-0.39, 0.29) is 40.3 Å². The Morgan fingerprint density at radius 3 is 2.33 bits per heavy atom. The van der Waals surface area contributed by atoms with Crippen LogP contribution in [0.25, 0.3) is 0 Å². The van der Waals surface area contributed by atoms with E-state index in [9.17, 15) is 24.3 Å². The van der Waals surface area contributed by atoms with E-state index in [2.05, 4.69) is 20.7 Å². The Hall–Kier alpha value is -2.72. The van der Waals surface area contributed by atoms with Crippen LogP contribution in [0, 0.1) is 6.92 Å². The quantitative estimate of drug-likeness (QED) is 0.410. The van der Waals surface area contributed by atoms with E-state index in [1.54, 1.807) is 13.0 Å². The topological polar surface area (TPSA) is 119 Å². The van der Waals surface area contributed by atoms with Crippen molar-refractivity contribution >= 4 is 45.3 Å². The smallest absolute Gasteiger partial charge is 0.377 e. The van der Waals surface area contributed by atoms with Crippen molar-refractivity contribution in [2.24, 2.45) is 0 Å². The van der Waals surface area contributed by atoms with Gasteiger partial charge in [0.15, 0.2) is 0 Å². The third-order valence-corrected chi connectivity index (χ3v) is 4.88. The summed E-state index contributed by atoms with van der Waals surface area (Å²) < 4.78 is 15.0. The van der Waals surface area contributed by atoms with Gasteiger partial charge < -0.3 is 24.2 Å². The highest BCUT2D eigenvalue weighted by Gasteiger charge is 2.35. The minimum atomic E-state index is -1.67. The molecule has 2 rings (SSSR count). The van der Waals surface area contributed by atoms with Crippen molar-refractivity contribution in [1.82, 2.24) is 0 Å². The Morgan fingerprint density at radius 2 is 1.78 bits per heavy atom. The highest BCUT2D eigenvalue weighted by Crippen LogP contribution is 2.35. The van der Waals surface area contributed by atoms with Crippen LogP contribution in [-0.2, 0) is 28.6 Å². The average Bonchev–Trinajstić information content (AvgIpc) is 2.67. The summed E-state index contributed by atoms with van der Waals surface area (Å²) in [6.07, 6.45) is 0. The number of aryl methyl sites for hydroxylation is 1. The van der Waals surface area contributed by atoms with Gasteiger partial charge in [0.1, 0.15) is 12.4 Å². The number of hydrogen-bond donors (Lipinski definition) is 1. The van der Waals surface area contributed by atoms with E-state index in [4.69, 9.17) is 9.47 Å². The second-order valence-corrected chi connectivity index (χ2v) is 6.23. The number of esters is 2. The summed E-state index contributed by atoms with van der Waals surface area (Å²) in [6, 6.07) is 3.09. The molecule has 1 aliphatic rings. The van der Waals surface area contributed by atoms with Crippen LogP contribution in [-0.4, -0.2) is 56.4 Å². The first kappa shape index (κ1) is 20.6. The summed E-state index contributed by atoms with van der Waals surface area (Å²) >= 11 is 3.22. The molecule has 0 atom stereocenters. The molecule has 0 unspecified atom stereocenters. The molecule has 9 nitrogen and oxygen atoms in total. The first-order chi connectivity index (χ1) is 12.7. The van der Waals surface area contributed by atoms with Gasteiger partial charge in [-0.15, -0.1) is 0 Å². The molecule has 0 saturated carbocycles. The highest BCUT2D eigenvalue weighted by molar-refractivity contribution is 9.10. The van der Waals surface area contributed by atoms with Crippen molar-refractivity contribution in [3.63, 3.8) is 0 Å². The first-order valence-electron chi connectivity index (χ1n) is 7.56. The summed E-state index contributed by atoms with van der Waals surface area (Å²) in [4.78, 5) is 49.2. The van der Waals surface area contributed by atoms with Gasteiger partial charge in [-0.25, -0.2) is 14.4 Å². The number of methoxy groups -OCH3 is 2. The number of nitrogens with zero attached hydrogens (tertiary/aromatic N) is 1. The predicted molar refractivity (Wildman–Crippen MR) is 95.2 cm³/mol. The maximum absolute atomic E-state index is 12.4. The van der Waals surface area contributed by atoms with Gasteiger partial charge in [0.2, 0.25) is 0 Å². The number of carboxylic acids is 1. The number of halogens is 1. The summed E-state index contributed by atoms with van der Waals surface area (Å²) in [6.45, 7) is 1.26. The Kier molecular flexibility index (Phi) is 6.34. The van der Waals surface area contributed by atoms with E-state index >= 15 is 0 Å². The van der Waals surface area contributed by atoms with Crippen LogP contribution in [0.3, 0.4) is 0 Å². The van der Waals surface area contributed by atoms with Crippen LogP contribution >= 0.6 is 15.9 Å². The van der Waals surface area contributed by atoms with Crippen LogP contribution in [0.2, 0.25) is 0 Å². The molecule has 0 amide bonds. The number of carbonyl (C=O) groups is 4. The number of anilines is 1. The number of carboxylic acid groups (broad SMARTS) is 1. The van der Waals surface area contributed by atoms with Gasteiger partial charge in [0, 0.05) is 4.47 Å². The van der Waals surface area contributed by atoms with Crippen LogP contribution in [0.15, 0.2) is 27.9 Å². The van der Waals surface area contributed by atoms with Crippen LogP contribution in [0.4, 0.5) is 5.69 Å². The van der Waals surface area contributed by atoms with Crippen molar-refractivity contribution in [3.05, 3.63) is 39.0 Å². The first-order valence-corrected chi connectivity index (χ1v) is 8.35. The normalized spacial score (nSPS) is 14.0. The molecule has 0 radical (unpaired) electrons. The van der Waals surface area contributed by atoms with Crippen LogP contribution in [0.1, 0.15) is 15.9 Å². The molecule has 1 aromatic rings. The summed E-state index contributed by atoms with van der Waals surface area (Å²) in [7, 11) is 2.28. The van der Waals surface area contributed by atoms with E-state index in [1.807, 2.05) is 0 Å². The zero-order valence-electron chi connectivity index (χ0n) is 14.7. The molecule has 1 aliphatic heterocycles. The number of benzene rings is 1. The summed E-state index contributed by atoms with van der Waals surface area (Å²) in [5, 5.41) is 9.18. The number of ether oxygens (including phenoxy) is 3. The number of rotatable bonds is 5. The van der Waals surface area contributed by atoms with Gasteiger partial charge in [-0.3, -0.25) is 4.79 Å². The molecule has 0 spiro atoms. The SMILES string of the molecule is COC(=O)C1=C(C(=O)OC)N(c2ccc(C)c(Br)c2C(=O)C(=O)O)COC1. The van der Waals surface area contributed by atoms with Crippen molar-refractivity contribution in [1.29, 1.82) is 0 Å². The Bertz CT molecular complexity index is 861. The zero-order valence-corrected chi connectivity index (χ0v) is 16.3. The lowest BCUT2D eigenvalue weighted by atomic mass is 10.0. The molecule has 1 N–H and O–H groups in total. The number of hydrogen-bond acceptors (Lipinski definition) is 8. The summed E-state index contributed by atoms with van der Waals surface area (Å²) in [5.74, 6) is -4.52. The van der Waals surface area contributed by atoms with Gasteiger partial charge in [-0.05, 0) is 34.5 Å². The Labute approximate surface area is 162 Å². The monoisotopic (exact) mass is 441 g/mol. The van der Waals surface area contributed by atoms with Crippen molar-refractivity contribution in [2.75, 3.05) is 32.5 Å². The average molecular weight is 442 g/mol. The molecule has 144 valence electrons. The third-order valence-electron chi connectivity index (χ3n) is 3.86. The molecular weight excluding hydrogens is 426 g/mol. The molecule has 1 heterocycles. The lowest BCUT2D eigenvalue weighted by Gasteiger charge is -2.32. The third kappa shape index (κ3) is 3.86. The van der Waals surface area contributed by atoms with Crippen molar-refractivity contribution in [3.8, 4) is 0 Å². The summed E-state index contributed by atoms with van der Waals surface area (Å²) in [5.41, 5.74) is 0.199. The van der Waals surface area contributed by atoms with E-state index in [0.717, 1.165) is 14.2 Å². The van der Waals surface area contributed by atoms with Gasteiger partial charge >= 0.3 is 17.9 Å². The van der Waals surface area contributed by atoms with Gasteiger partial charge in [-0.2, -0.15) is 0 Å². The Balaban J connectivity index is 2.77. The second-order valence-electron chi connectivity index (χ2n) is 5.44. The number of aliphatic carboxylic acids is 1. The molecule has 0 bridgehead atoms. The molecule has 0 aliphatic carbocycles. The van der Waals surface area contributed by atoms with Gasteiger partial charge in [0.25, 0.3) is 5.78 Å². The van der Waals surface area contributed by atoms with E-state index in [0.29, 0.717) is 5.56 Å². The highest BCUT2D eigenvalue weighted by atomic mass is 79.9. The molecule has 0 aromatic heterocycles. The maximum atomic E-state index is 12.4. The molecule has 27 heavy (non-hydrogen) atoms. The standard InChI is InChI=1S/C17H16BrNO8/c1-8-4-5-10(11(12(8)18)14(20)15(21)22)19-7-27-6-9(16(23)25-2)13(19)17(24)26-3/h4-5H,6-7H2,1-3H3,(H,21,22). The van der Waals surface area contributed by atoms with Crippen LogP contribution in [0.5, 0.6) is 0 Å². The van der Waals surface area contributed by atoms with Crippen LogP contribution < -0.4 is 4.90 Å². The lowest BCUT2D eigenvalue weighted by molar-refractivity contribution is -0.140. The maximum Gasteiger partial charge on any atom is 0.377 e. The predicted octanol–water partition coefficient (Wildman–Crippen LogP) is 1.42. The molecule has 0 fully saturated rings. The fourth-order valence-electron chi connectivity index (χ4n) is 2.55. The molecule has 1 aromatic carbocycles. The van der Waals surface area contributed by atoms with E-state index < -0.39 is 23.7 Å². The fourth-order valence-corrected chi connectivity index (χ4v) is 3.07. The molecule has 0 saturated heterocycles. The molecule has 10 heteroatoms. The zero-order chi connectivity index (χ0) is 20.3. The lowest BCUT2D eigenvalue weighted by Crippen LogP contribution is -2.39. The van der Waals surface area contributed by atoms with Gasteiger partial charge in [0.05, 0.1) is 37.7 Å². The van der Waals surface area contributed by atoms with E-state index in [1.165, 1.54) is 11.0 Å². The number of Topliss-reactive ketones (excluding diaryl/α,β-unsaturated/α-hetero) is 1. The number of ketones is 1. The fraction of sp³-hybridized carbons (Fsp3) is 0.294. The largest absolute Gasteiger partial charge is 0.475 e. The van der Waals surface area contributed by atoms with Gasteiger partial charge in [-0.1, -0.05) is 6.07 Å². The Morgan fingerprint density at radius 1 is 1.15 bits per heavy atom. The minimum Gasteiger partial charge on any atom is -0.475 e. The number of carbonyl (C=O) groups excluding carboxylic acids is 3. The van der Waals surface area contributed by atoms with Crippen molar-refractivity contribution in [2.45, 2.75) is 6.92 Å². The molecular formula is C17H16BrNO8. The van der Waals surface area contributed by atoms with Crippen molar-refractivity contribution < 1.29 is 38.5 Å². The second kappa shape index (κ2) is 8.31. The minimum absolute atomic E-state index is 0.0707.